The molecule has 4 saturated carbocycles. The van der Waals surface area contributed by atoms with Gasteiger partial charge in [0.15, 0.2) is 0 Å². The van der Waals surface area contributed by atoms with Crippen LogP contribution in [0.25, 0.3) is 0 Å². The molecule has 2 unspecified atom stereocenters. The summed E-state index contributed by atoms with van der Waals surface area (Å²) in [6.07, 6.45) is 7.63. The van der Waals surface area contributed by atoms with Crippen molar-refractivity contribution in [2.24, 2.45) is 22.7 Å². The Kier molecular flexibility index (Phi) is 3.72. The van der Waals surface area contributed by atoms with Crippen molar-refractivity contribution in [1.82, 2.24) is 4.90 Å². The zero-order valence-corrected chi connectivity index (χ0v) is 14.7. The van der Waals surface area contributed by atoms with E-state index < -0.39 is 0 Å². The van der Waals surface area contributed by atoms with Crippen molar-refractivity contribution in [3.8, 4) is 0 Å². The van der Waals surface area contributed by atoms with Gasteiger partial charge in [-0.2, -0.15) is 0 Å². The molecule has 2 atom stereocenters. The molecule has 0 aromatic heterocycles. The standard InChI is InChI=1S/C17H28BrNO/c1-12(2)19(5-4-18)15(20)17-9-13-6-14(10-17)8-16(3,7-13)11-17/h12-14H,4-11H2,1-3H3. The quantitative estimate of drug-likeness (QED) is 0.701. The zero-order chi connectivity index (χ0) is 14.5. The second kappa shape index (κ2) is 5.00. The minimum Gasteiger partial charge on any atom is -0.339 e. The van der Waals surface area contributed by atoms with E-state index in [9.17, 15) is 4.79 Å². The molecule has 4 aliphatic carbocycles. The topological polar surface area (TPSA) is 20.3 Å². The average Bonchev–Trinajstić information content (AvgIpc) is 2.31. The summed E-state index contributed by atoms with van der Waals surface area (Å²) in [7, 11) is 0. The van der Waals surface area contributed by atoms with Crippen LogP contribution in [0.15, 0.2) is 0 Å². The van der Waals surface area contributed by atoms with Crippen LogP contribution in [0.2, 0.25) is 0 Å². The molecule has 0 radical (unpaired) electrons. The average molecular weight is 342 g/mol. The summed E-state index contributed by atoms with van der Waals surface area (Å²) in [5, 5.41) is 0.886. The Morgan fingerprint density at radius 2 is 1.85 bits per heavy atom. The summed E-state index contributed by atoms with van der Waals surface area (Å²) in [5.74, 6) is 2.11. The summed E-state index contributed by atoms with van der Waals surface area (Å²) < 4.78 is 0. The molecule has 0 N–H and O–H groups in total. The predicted molar refractivity (Wildman–Crippen MR) is 85.9 cm³/mol. The summed E-state index contributed by atoms with van der Waals surface area (Å²) in [4.78, 5) is 15.4. The third-order valence-corrected chi connectivity index (χ3v) is 6.37. The van der Waals surface area contributed by atoms with Gasteiger partial charge >= 0.3 is 0 Å². The SMILES string of the molecule is CC(C)N(CCBr)C(=O)C12CC3CC(CC(C)(C3)C1)C2. The van der Waals surface area contributed by atoms with E-state index >= 15 is 0 Å². The molecule has 114 valence electrons. The molecule has 4 fully saturated rings. The number of rotatable bonds is 4. The van der Waals surface area contributed by atoms with Gasteiger partial charge < -0.3 is 4.90 Å². The fourth-order valence-electron chi connectivity index (χ4n) is 5.96. The van der Waals surface area contributed by atoms with Crippen LogP contribution in [-0.2, 0) is 4.79 Å². The fourth-order valence-corrected chi connectivity index (χ4v) is 6.34. The second-order valence-corrected chi connectivity index (χ2v) is 9.13. The molecular formula is C17H28BrNO. The van der Waals surface area contributed by atoms with Gasteiger partial charge in [0.2, 0.25) is 5.91 Å². The minimum atomic E-state index is -0.00866. The van der Waals surface area contributed by atoms with Gasteiger partial charge in [0.25, 0.3) is 0 Å². The van der Waals surface area contributed by atoms with Crippen LogP contribution in [-0.4, -0.2) is 28.7 Å². The molecular weight excluding hydrogens is 314 g/mol. The second-order valence-electron chi connectivity index (χ2n) is 8.33. The normalized spacial score (nSPS) is 42.2. The van der Waals surface area contributed by atoms with E-state index in [2.05, 4.69) is 41.6 Å². The van der Waals surface area contributed by atoms with Crippen LogP contribution >= 0.6 is 15.9 Å². The van der Waals surface area contributed by atoms with Crippen molar-refractivity contribution in [1.29, 1.82) is 0 Å². The van der Waals surface area contributed by atoms with E-state index in [1.165, 1.54) is 32.1 Å². The number of amides is 1. The zero-order valence-electron chi connectivity index (χ0n) is 13.1. The molecule has 0 spiro atoms. The maximum Gasteiger partial charge on any atom is 0.229 e. The van der Waals surface area contributed by atoms with Gasteiger partial charge in [-0.3, -0.25) is 4.79 Å². The molecule has 4 aliphatic rings. The first-order valence-electron chi connectivity index (χ1n) is 8.24. The van der Waals surface area contributed by atoms with E-state index in [1.54, 1.807) is 0 Å². The van der Waals surface area contributed by atoms with E-state index in [-0.39, 0.29) is 5.41 Å². The fraction of sp³-hybridized carbons (Fsp3) is 0.941. The molecule has 0 aromatic carbocycles. The monoisotopic (exact) mass is 341 g/mol. The van der Waals surface area contributed by atoms with Gasteiger partial charge in [-0.1, -0.05) is 22.9 Å². The number of halogens is 1. The van der Waals surface area contributed by atoms with E-state index in [0.29, 0.717) is 17.4 Å². The Balaban J connectivity index is 1.86. The molecule has 2 nitrogen and oxygen atoms in total. The van der Waals surface area contributed by atoms with Crippen molar-refractivity contribution < 1.29 is 4.79 Å². The third kappa shape index (κ3) is 2.34. The Morgan fingerprint density at radius 3 is 2.30 bits per heavy atom. The highest BCUT2D eigenvalue weighted by Gasteiger charge is 2.59. The van der Waals surface area contributed by atoms with Crippen LogP contribution in [0.5, 0.6) is 0 Å². The molecule has 0 heterocycles. The molecule has 3 heteroatoms. The van der Waals surface area contributed by atoms with Crippen LogP contribution in [0.3, 0.4) is 0 Å². The highest BCUT2D eigenvalue weighted by atomic mass is 79.9. The lowest BCUT2D eigenvalue weighted by atomic mass is 9.44. The van der Waals surface area contributed by atoms with Crippen molar-refractivity contribution in [3.63, 3.8) is 0 Å². The van der Waals surface area contributed by atoms with Crippen molar-refractivity contribution in [2.75, 3.05) is 11.9 Å². The Hall–Kier alpha value is -0.0500. The van der Waals surface area contributed by atoms with Crippen LogP contribution in [0, 0.1) is 22.7 Å². The summed E-state index contributed by atoms with van der Waals surface area (Å²) in [6, 6.07) is 0.320. The molecule has 4 bridgehead atoms. The first-order chi connectivity index (χ1) is 9.37. The number of hydrogen-bond acceptors (Lipinski definition) is 1. The number of carbonyl (C=O) groups is 1. The van der Waals surface area contributed by atoms with Crippen molar-refractivity contribution in [2.45, 2.75) is 65.3 Å². The number of nitrogens with zero attached hydrogens (tertiary/aromatic N) is 1. The van der Waals surface area contributed by atoms with Crippen molar-refractivity contribution in [3.05, 3.63) is 0 Å². The number of carbonyl (C=O) groups excluding carboxylic acids is 1. The molecule has 0 aliphatic heterocycles. The van der Waals surface area contributed by atoms with Gasteiger partial charge in [-0.25, -0.2) is 0 Å². The lowest BCUT2D eigenvalue weighted by Gasteiger charge is -2.61. The number of hydrogen-bond donors (Lipinski definition) is 0. The first kappa shape index (κ1) is 14.9. The van der Waals surface area contributed by atoms with Gasteiger partial charge in [-0.15, -0.1) is 0 Å². The minimum absolute atomic E-state index is 0.00866. The van der Waals surface area contributed by atoms with E-state index in [1.807, 2.05) is 0 Å². The predicted octanol–water partition coefficient (Wildman–Crippen LogP) is 4.22. The van der Waals surface area contributed by atoms with Gasteiger partial charge in [0, 0.05) is 17.9 Å². The molecule has 0 aromatic rings. The van der Waals surface area contributed by atoms with Crippen LogP contribution in [0.4, 0.5) is 0 Å². The van der Waals surface area contributed by atoms with Crippen LogP contribution < -0.4 is 0 Å². The Labute approximate surface area is 131 Å². The maximum atomic E-state index is 13.3. The highest BCUT2D eigenvalue weighted by molar-refractivity contribution is 9.09. The largest absolute Gasteiger partial charge is 0.339 e. The molecule has 0 saturated heterocycles. The van der Waals surface area contributed by atoms with E-state index in [0.717, 1.165) is 30.1 Å². The van der Waals surface area contributed by atoms with Gasteiger partial charge in [-0.05, 0) is 69.6 Å². The third-order valence-electron chi connectivity index (χ3n) is 6.02. The summed E-state index contributed by atoms with van der Waals surface area (Å²) >= 11 is 3.51. The smallest absolute Gasteiger partial charge is 0.229 e. The maximum absolute atomic E-state index is 13.3. The molecule has 1 amide bonds. The van der Waals surface area contributed by atoms with Crippen LogP contribution in [0.1, 0.15) is 59.3 Å². The Morgan fingerprint density at radius 1 is 1.25 bits per heavy atom. The molecule has 20 heavy (non-hydrogen) atoms. The first-order valence-corrected chi connectivity index (χ1v) is 9.37. The van der Waals surface area contributed by atoms with E-state index in [4.69, 9.17) is 0 Å². The highest BCUT2D eigenvalue weighted by Crippen LogP contribution is 2.65. The summed E-state index contributed by atoms with van der Waals surface area (Å²) in [5.41, 5.74) is 0.446. The number of alkyl halides is 1. The van der Waals surface area contributed by atoms with Gasteiger partial charge in [0.1, 0.15) is 0 Å². The summed E-state index contributed by atoms with van der Waals surface area (Å²) in [6.45, 7) is 7.60. The van der Waals surface area contributed by atoms with Crippen molar-refractivity contribution >= 4 is 21.8 Å². The Bertz CT molecular complexity index is 392. The molecule has 4 rings (SSSR count). The van der Waals surface area contributed by atoms with Gasteiger partial charge in [0.05, 0.1) is 5.41 Å². The lowest BCUT2D eigenvalue weighted by Crippen LogP contribution is -2.58. The lowest BCUT2D eigenvalue weighted by molar-refractivity contribution is -0.167.